The minimum absolute atomic E-state index is 0.0635. The Bertz CT molecular complexity index is 735. The average Bonchev–Trinajstić information content (AvgIpc) is 3.00. The molecule has 0 aliphatic carbocycles. The van der Waals surface area contributed by atoms with E-state index in [2.05, 4.69) is 34.5 Å². The lowest BCUT2D eigenvalue weighted by Gasteiger charge is -2.22. The topological polar surface area (TPSA) is 41.6 Å². The fraction of sp³-hybridized carbons (Fsp3) is 0.458. The van der Waals surface area contributed by atoms with Gasteiger partial charge < -0.3 is 15.0 Å². The molecule has 1 heterocycles. The highest BCUT2D eigenvalue weighted by atomic mass is 16.5. The maximum absolute atomic E-state index is 11.9. The van der Waals surface area contributed by atoms with E-state index in [0.717, 1.165) is 24.2 Å². The number of carbonyl (C=O) groups excluding carboxylic acids is 1. The molecule has 4 nitrogen and oxygen atoms in total. The molecule has 0 atom stereocenters. The van der Waals surface area contributed by atoms with Crippen LogP contribution in [0.2, 0.25) is 0 Å². The molecule has 4 heteroatoms. The minimum Gasteiger partial charge on any atom is -0.484 e. The number of amides is 1. The number of hydrogen-bond donors (Lipinski definition) is 1. The smallest absolute Gasteiger partial charge is 0.257 e. The lowest BCUT2D eigenvalue weighted by molar-refractivity contribution is -0.123. The largest absolute Gasteiger partial charge is 0.484 e. The Balaban J connectivity index is 1.33. The Morgan fingerprint density at radius 1 is 1.04 bits per heavy atom. The number of nitrogens with one attached hydrogen (secondary N) is 1. The second-order valence-corrected chi connectivity index (χ2v) is 7.63. The Kier molecular flexibility index (Phi) is 7.77. The normalized spacial score (nSPS) is 14.4. The third-order valence-electron chi connectivity index (χ3n) is 5.23. The summed E-state index contributed by atoms with van der Waals surface area (Å²) in [7, 11) is 0. The molecule has 28 heavy (non-hydrogen) atoms. The standard InChI is InChI=1S/C24H32N2O2/c1-20-8-6-10-23(18-20)28-19-24(27)25-15-7-9-21-11-13-22(14-12-21)26-16-4-2-3-5-17-26/h6,8,10-14,18H,2-5,7,9,15-17,19H2,1H3,(H,25,27). The molecule has 1 aliphatic heterocycles. The first kappa shape index (κ1) is 20.2. The summed E-state index contributed by atoms with van der Waals surface area (Å²) in [6.07, 6.45) is 7.22. The number of aryl methyl sites for hydroxylation is 2. The van der Waals surface area contributed by atoms with Crippen molar-refractivity contribution in [3.8, 4) is 5.75 Å². The van der Waals surface area contributed by atoms with Gasteiger partial charge in [-0.05, 0) is 68.0 Å². The molecule has 1 aliphatic rings. The van der Waals surface area contributed by atoms with E-state index in [0.29, 0.717) is 6.54 Å². The van der Waals surface area contributed by atoms with E-state index < -0.39 is 0 Å². The number of hydrogen-bond acceptors (Lipinski definition) is 3. The third kappa shape index (κ3) is 6.59. The number of benzene rings is 2. The zero-order valence-corrected chi connectivity index (χ0v) is 17.0. The molecule has 1 fully saturated rings. The molecular weight excluding hydrogens is 348 g/mol. The minimum atomic E-state index is -0.0713. The van der Waals surface area contributed by atoms with Crippen LogP contribution in [0.3, 0.4) is 0 Å². The van der Waals surface area contributed by atoms with Gasteiger partial charge >= 0.3 is 0 Å². The lowest BCUT2D eigenvalue weighted by Crippen LogP contribution is -2.29. The highest BCUT2D eigenvalue weighted by Crippen LogP contribution is 2.20. The first-order chi connectivity index (χ1) is 13.7. The van der Waals surface area contributed by atoms with E-state index in [9.17, 15) is 4.79 Å². The maximum atomic E-state index is 11.9. The fourth-order valence-corrected chi connectivity index (χ4v) is 3.63. The molecule has 1 N–H and O–H groups in total. The van der Waals surface area contributed by atoms with Gasteiger partial charge in [0.25, 0.3) is 5.91 Å². The molecule has 2 aromatic carbocycles. The monoisotopic (exact) mass is 380 g/mol. The molecule has 0 aromatic heterocycles. The van der Waals surface area contributed by atoms with Crippen LogP contribution in [-0.2, 0) is 11.2 Å². The summed E-state index contributed by atoms with van der Waals surface area (Å²) in [5.41, 5.74) is 3.79. The summed E-state index contributed by atoms with van der Waals surface area (Å²) >= 11 is 0. The van der Waals surface area contributed by atoms with Crippen LogP contribution >= 0.6 is 0 Å². The van der Waals surface area contributed by atoms with Gasteiger partial charge in [-0.3, -0.25) is 4.79 Å². The maximum Gasteiger partial charge on any atom is 0.257 e. The van der Waals surface area contributed by atoms with Crippen molar-refractivity contribution in [1.29, 1.82) is 0 Å². The molecule has 0 unspecified atom stereocenters. The molecule has 1 amide bonds. The number of anilines is 1. The van der Waals surface area contributed by atoms with Gasteiger partial charge in [-0.15, -0.1) is 0 Å². The van der Waals surface area contributed by atoms with Gasteiger partial charge in [-0.25, -0.2) is 0 Å². The van der Waals surface area contributed by atoms with Crippen molar-refractivity contribution in [2.45, 2.75) is 45.4 Å². The summed E-state index contributed by atoms with van der Waals surface area (Å²) in [4.78, 5) is 14.4. The Labute approximate surface area is 168 Å². The van der Waals surface area contributed by atoms with Crippen molar-refractivity contribution in [2.75, 3.05) is 31.1 Å². The van der Waals surface area contributed by atoms with E-state index in [4.69, 9.17) is 4.74 Å². The van der Waals surface area contributed by atoms with Crippen molar-refractivity contribution in [1.82, 2.24) is 5.32 Å². The number of carbonyl (C=O) groups is 1. The highest BCUT2D eigenvalue weighted by molar-refractivity contribution is 5.77. The van der Waals surface area contributed by atoms with Crippen LogP contribution in [0.25, 0.3) is 0 Å². The van der Waals surface area contributed by atoms with Gasteiger partial charge in [0.2, 0.25) is 0 Å². The van der Waals surface area contributed by atoms with Gasteiger partial charge in [-0.1, -0.05) is 37.1 Å². The zero-order chi connectivity index (χ0) is 19.6. The number of nitrogens with zero attached hydrogens (tertiary/aromatic N) is 1. The van der Waals surface area contributed by atoms with Crippen molar-refractivity contribution in [3.63, 3.8) is 0 Å². The first-order valence-electron chi connectivity index (χ1n) is 10.5. The van der Waals surface area contributed by atoms with E-state index in [1.807, 2.05) is 31.2 Å². The Morgan fingerprint density at radius 2 is 1.79 bits per heavy atom. The van der Waals surface area contributed by atoms with Gasteiger partial charge in [0.1, 0.15) is 5.75 Å². The molecule has 0 spiro atoms. The van der Waals surface area contributed by atoms with E-state index >= 15 is 0 Å². The van der Waals surface area contributed by atoms with Crippen LogP contribution < -0.4 is 15.0 Å². The predicted molar refractivity (Wildman–Crippen MR) is 115 cm³/mol. The zero-order valence-electron chi connectivity index (χ0n) is 17.0. The second kappa shape index (κ2) is 10.7. The second-order valence-electron chi connectivity index (χ2n) is 7.63. The van der Waals surface area contributed by atoms with Crippen molar-refractivity contribution < 1.29 is 9.53 Å². The summed E-state index contributed by atoms with van der Waals surface area (Å²) in [6.45, 7) is 5.09. The molecule has 1 saturated heterocycles. The lowest BCUT2D eigenvalue weighted by atomic mass is 10.1. The highest BCUT2D eigenvalue weighted by Gasteiger charge is 2.09. The Hall–Kier alpha value is -2.49. The van der Waals surface area contributed by atoms with Crippen LogP contribution in [0, 0.1) is 6.92 Å². The number of ether oxygens (including phenoxy) is 1. The molecule has 0 bridgehead atoms. The quantitative estimate of drug-likeness (QED) is 0.686. The van der Waals surface area contributed by atoms with E-state index in [-0.39, 0.29) is 12.5 Å². The Morgan fingerprint density at radius 3 is 2.50 bits per heavy atom. The van der Waals surface area contributed by atoms with E-state index in [1.54, 1.807) is 0 Å². The molecular formula is C24H32N2O2. The SMILES string of the molecule is Cc1cccc(OCC(=O)NCCCc2ccc(N3CCCCCC3)cc2)c1. The average molecular weight is 381 g/mol. The van der Waals surface area contributed by atoms with Gasteiger partial charge in [0.05, 0.1) is 0 Å². The van der Waals surface area contributed by atoms with E-state index in [1.165, 1.54) is 50.0 Å². The molecule has 0 saturated carbocycles. The van der Waals surface area contributed by atoms with Crippen molar-refractivity contribution in [3.05, 3.63) is 59.7 Å². The van der Waals surface area contributed by atoms with Gasteiger partial charge in [-0.2, -0.15) is 0 Å². The summed E-state index contributed by atoms with van der Waals surface area (Å²) in [5, 5.41) is 2.94. The molecule has 3 rings (SSSR count). The van der Waals surface area contributed by atoms with Crippen molar-refractivity contribution in [2.24, 2.45) is 0 Å². The summed E-state index contributed by atoms with van der Waals surface area (Å²) in [6, 6.07) is 16.7. The fourth-order valence-electron chi connectivity index (χ4n) is 3.63. The predicted octanol–water partition coefficient (Wildman–Crippen LogP) is 4.50. The number of rotatable bonds is 8. The van der Waals surface area contributed by atoms with Gasteiger partial charge in [0.15, 0.2) is 6.61 Å². The van der Waals surface area contributed by atoms with Gasteiger partial charge in [0, 0.05) is 25.3 Å². The molecule has 2 aromatic rings. The third-order valence-corrected chi connectivity index (χ3v) is 5.23. The summed E-state index contributed by atoms with van der Waals surface area (Å²) < 4.78 is 5.53. The summed E-state index contributed by atoms with van der Waals surface area (Å²) in [5.74, 6) is 0.665. The first-order valence-corrected chi connectivity index (χ1v) is 10.5. The van der Waals surface area contributed by atoms with Crippen LogP contribution in [0.4, 0.5) is 5.69 Å². The molecule has 150 valence electrons. The van der Waals surface area contributed by atoms with Crippen LogP contribution in [0.1, 0.15) is 43.2 Å². The van der Waals surface area contributed by atoms with Crippen LogP contribution in [0.15, 0.2) is 48.5 Å². The van der Waals surface area contributed by atoms with Crippen LogP contribution in [-0.4, -0.2) is 32.1 Å². The molecule has 0 radical (unpaired) electrons. The van der Waals surface area contributed by atoms with Crippen LogP contribution in [0.5, 0.6) is 5.75 Å². The van der Waals surface area contributed by atoms with Crippen molar-refractivity contribution >= 4 is 11.6 Å².